The molecule has 6 heteroatoms. The third-order valence-electron chi connectivity index (χ3n) is 1.90. The second kappa shape index (κ2) is 4.20. The molecule has 1 rings (SSSR count). The van der Waals surface area contributed by atoms with E-state index >= 15 is 0 Å². The summed E-state index contributed by atoms with van der Waals surface area (Å²) >= 11 is 0. The maximum atomic E-state index is 11.6. The highest BCUT2D eigenvalue weighted by atomic mass is 31.0. The fraction of sp³-hybridized carbons (Fsp3) is 0. The number of allylic oxidation sites excluding steroid dienone is 4. The van der Waals surface area contributed by atoms with E-state index in [1.165, 1.54) is 0 Å². The predicted octanol–water partition coefficient (Wildman–Crippen LogP) is 0.572. The van der Waals surface area contributed by atoms with E-state index in [0.717, 1.165) is 0 Å². The number of Topliss-reactive ketones (excluding diaryl/α,β-unsaturated/α-hetero) is 1. The highest BCUT2D eigenvalue weighted by Gasteiger charge is 2.31. The average molecular weight is 224 g/mol. The Hall–Kier alpha value is -2.72. The largest absolute Gasteiger partial charge is 0.287 e. The van der Waals surface area contributed by atoms with Gasteiger partial charge < -0.3 is 0 Å². The Morgan fingerprint density at radius 3 is 1.31 bits per heavy atom. The van der Waals surface area contributed by atoms with Crippen molar-refractivity contribution >= 4 is 19.9 Å². The van der Waals surface area contributed by atoms with Crippen LogP contribution in [0.25, 0.3) is 0 Å². The fourth-order valence-corrected chi connectivity index (χ4v) is 1.53. The molecular weight excluding hydrogens is 223 g/mol. The van der Waals surface area contributed by atoms with Crippen LogP contribution in [0.5, 0.6) is 0 Å². The van der Waals surface area contributed by atoms with Gasteiger partial charge in [0.05, 0.1) is 11.1 Å². The molecule has 0 spiro atoms. The molecule has 5 nitrogen and oxygen atoms in total. The van der Waals surface area contributed by atoms with E-state index in [1.54, 1.807) is 24.3 Å². The Bertz CT molecular complexity index is 530. The van der Waals surface area contributed by atoms with Crippen LogP contribution in [0, 0.1) is 45.3 Å². The fourth-order valence-electron chi connectivity index (χ4n) is 1.16. The third-order valence-corrected chi connectivity index (χ3v) is 2.40. The van der Waals surface area contributed by atoms with Crippen LogP contribution in [0.3, 0.4) is 0 Å². The van der Waals surface area contributed by atoms with Crippen LogP contribution in [0.2, 0.25) is 0 Å². The van der Waals surface area contributed by atoms with Gasteiger partial charge in [-0.2, -0.15) is 21.0 Å². The highest BCUT2D eigenvalue weighted by molar-refractivity contribution is 7.23. The van der Waals surface area contributed by atoms with Crippen LogP contribution in [0.4, 0.5) is 0 Å². The summed E-state index contributed by atoms with van der Waals surface area (Å²) in [6.07, 6.45) is 0. The Kier molecular flexibility index (Phi) is 2.98. The van der Waals surface area contributed by atoms with Gasteiger partial charge in [-0.1, -0.05) is 0 Å². The molecule has 0 aromatic heterocycles. The number of ketones is 1. The summed E-state index contributed by atoms with van der Waals surface area (Å²) in [6.45, 7) is 0. The molecule has 0 heterocycles. The minimum Gasteiger partial charge on any atom is -0.287 e. The first-order valence-electron chi connectivity index (χ1n) is 3.85. The van der Waals surface area contributed by atoms with Gasteiger partial charge in [-0.05, 0) is 0 Å². The second-order valence-electron chi connectivity index (χ2n) is 2.65. The van der Waals surface area contributed by atoms with E-state index in [9.17, 15) is 4.79 Å². The zero-order valence-electron chi connectivity index (χ0n) is 7.70. The van der Waals surface area contributed by atoms with Crippen molar-refractivity contribution in [1.29, 1.82) is 21.0 Å². The molecule has 16 heavy (non-hydrogen) atoms. The van der Waals surface area contributed by atoms with Gasteiger partial charge in [0.25, 0.3) is 0 Å². The van der Waals surface area contributed by atoms with Gasteiger partial charge in [0.1, 0.15) is 35.4 Å². The average Bonchev–Trinajstić information content (AvgIpc) is 2.30. The molecule has 0 saturated carbocycles. The summed E-state index contributed by atoms with van der Waals surface area (Å²) in [6, 6.07) is 6.41. The van der Waals surface area contributed by atoms with E-state index in [0.29, 0.717) is 0 Å². The smallest absolute Gasteiger partial charge is 0.216 e. The van der Waals surface area contributed by atoms with Crippen molar-refractivity contribution in [2.24, 2.45) is 0 Å². The first-order valence-corrected chi connectivity index (χ1v) is 4.35. The van der Waals surface area contributed by atoms with Crippen molar-refractivity contribution in [3.8, 4) is 24.3 Å². The first-order chi connectivity index (χ1) is 7.62. The maximum absolute atomic E-state index is 11.6. The van der Waals surface area contributed by atoms with Gasteiger partial charge in [-0.3, -0.25) is 4.79 Å². The monoisotopic (exact) mass is 224 g/mol. The Labute approximate surface area is 93.0 Å². The molecule has 0 radical (unpaired) electrons. The van der Waals surface area contributed by atoms with Crippen LogP contribution in [0.1, 0.15) is 0 Å². The number of rotatable bonds is 0. The van der Waals surface area contributed by atoms with Crippen molar-refractivity contribution < 1.29 is 4.79 Å². The second-order valence-corrected chi connectivity index (χ2v) is 3.15. The molecule has 0 aromatic carbocycles. The molecule has 0 aromatic rings. The van der Waals surface area contributed by atoms with Gasteiger partial charge in [-0.25, -0.2) is 0 Å². The van der Waals surface area contributed by atoms with E-state index < -0.39 is 16.9 Å². The number of nitriles is 4. The molecule has 0 amide bonds. The minimum absolute atomic E-state index is 0.00213. The lowest BCUT2D eigenvalue weighted by Crippen LogP contribution is -2.20. The van der Waals surface area contributed by atoms with Crippen LogP contribution in [-0.4, -0.2) is 11.1 Å². The van der Waals surface area contributed by atoms with Crippen molar-refractivity contribution in [1.82, 2.24) is 0 Å². The summed E-state index contributed by atoms with van der Waals surface area (Å²) in [7, 11) is 2.99. The molecule has 0 saturated heterocycles. The SMILES string of the molecule is N#CC1=C(C#N)C(=P)C(C#N)=C(C#N)C1=O. The number of nitrogens with zero attached hydrogens (tertiary/aromatic N) is 4. The maximum Gasteiger partial charge on any atom is 0.216 e. The highest BCUT2D eigenvalue weighted by Crippen LogP contribution is 2.25. The molecule has 1 aliphatic carbocycles. The van der Waals surface area contributed by atoms with Crippen molar-refractivity contribution in [3.05, 3.63) is 22.3 Å². The number of carbonyl (C=O) groups excluding carboxylic acids is 1. The summed E-state index contributed by atoms with van der Waals surface area (Å²) in [4.78, 5) is 11.6. The van der Waals surface area contributed by atoms with Crippen LogP contribution in [0.15, 0.2) is 22.3 Å². The van der Waals surface area contributed by atoms with Gasteiger partial charge in [0.2, 0.25) is 5.78 Å². The van der Waals surface area contributed by atoms with Crippen molar-refractivity contribution in [3.63, 3.8) is 0 Å². The van der Waals surface area contributed by atoms with E-state index in [4.69, 9.17) is 21.0 Å². The zero-order valence-corrected chi connectivity index (χ0v) is 8.70. The topological polar surface area (TPSA) is 112 Å². The molecule has 0 bridgehead atoms. The molecule has 0 N–H and O–H groups in total. The first kappa shape index (κ1) is 11.4. The third kappa shape index (κ3) is 1.39. The van der Waals surface area contributed by atoms with E-state index in [-0.39, 0.29) is 16.4 Å². The standard InChI is InChI=1S/C10HN4OP/c11-1-5-7(3-13)10(16)8(4-14)6(2-12)9(5)15/h16H. The predicted molar refractivity (Wildman–Crippen MR) is 54.8 cm³/mol. The van der Waals surface area contributed by atoms with Crippen LogP contribution >= 0.6 is 8.86 Å². The molecule has 72 valence electrons. The van der Waals surface area contributed by atoms with Gasteiger partial charge >= 0.3 is 0 Å². The Balaban J connectivity index is 3.67. The summed E-state index contributed by atoms with van der Waals surface area (Å²) in [5.74, 6) is -0.889. The van der Waals surface area contributed by atoms with Gasteiger partial charge in [-0.15, -0.1) is 8.86 Å². The summed E-state index contributed by atoms with van der Waals surface area (Å²) in [5.41, 5.74) is -1.30. The normalized spacial score (nSPS) is 15.0. The lowest BCUT2D eigenvalue weighted by Gasteiger charge is -2.11. The van der Waals surface area contributed by atoms with E-state index in [2.05, 4.69) is 8.86 Å². The zero-order chi connectivity index (χ0) is 12.3. The lowest BCUT2D eigenvalue weighted by molar-refractivity contribution is -0.111. The van der Waals surface area contributed by atoms with Gasteiger partial charge in [0, 0.05) is 5.29 Å². The lowest BCUT2D eigenvalue weighted by atomic mass is 9.87. The Morgan fingerprint density at radius 1 is 0.750 bits per heavy atom. The number of hydrogen-bond acceptors (Lipinski definition) is 5. The Morgan fingerprint density at radius 2 is 1.06 bits per heavy atom. The summed E-state index contributed by atoms with van der Waals surface area (Å²) < 4.78 is 0. The van der Waals surface area contributed by atoms with Crippen LogP contribution < -0.4 is 0 Å². The van der Waals surface area contributed by atoms with E-state index in [1.807, 2.05) is 0 Å². The van der Waals surface area contributed by atoms with Gasteiger partial charge in [0.15, 0.2) is 0 Å². The molecule has 0 fully saturated rings. The molecule has 0 unspecified atom stereocenters. The quantitative estimate of drug-likeness (QED) is 0.558. The molecule has 0 atom stereocenters. The molecule has 0 aliphatic heterocycles. The van der Waals surface area contributed by atoms with Crippen molar-refractivity contribution in [2.45, 2.75) is 0 Å². The van der Waals surface area contributed by atoms with Crippen LogP contribution in [-0.2, 0) is 4.79 Å². The van der Waals surface area contributed by atoms with Crippen molar-refractivity contribution in [2.75, 3.05) is 0 Å². The number of carbonyl (C=O) groups is 1. The molecule has 1 aliphatic rings. The summed E-state index contributed by atoms with van der Waals surface area (Å²) in [5, 5.41) is 35.0. The minimum atomic E-state index is -0.889. The molecular formula is C10HN4OP. The number of hydrogen-bond donors (Lipinski definition) is 0.